The Morgan fingerprint density at radius 2 is 1.78 bits per heavy atom. The third-order valence-corrected chi connectivity index (χ3v) is 4.95. The van der Waals surface area contributed by atoms with Crippen LogP contribution < -0.4 is 9.26 Å². The van der Waals surface area contributed by atoms with Gasteiger partial charge in [-0.1, -0.05) is 42.5 Å². The Bertz CT molecular complexity index is 1030. The first-order chi connectivity index (χ1) is 13.2. The molecule has 1 unspecified atom stereocenters. The molecule has 0 aliphatic carbocycles. The highest BCUT2D eigenvalue weighted by Gasteiger charge is 2.35. The number of ether oxygens (including phenoxy) is 1. The van der Waals surface area contributed by atoms with Gasteiger partial charge in [0.05, 0.1) is 6.61 Å². The standard InChI is InChI=1S/C20H15O6P/c1-2-23-17-10-6-5-9-15(17)19(21)25-27-24-18-14-8-4-3-7-13(14)11-12-16(18)20(22)26-27/h3-12H,2H2,1H3. The lowest BCUT2D eigenvalue weighted by Gasteiger charge is -2.23. The van der Waals surface area contributed by atoms with Crippen LogP contribution in [-0.2, 0) is 9.05 Å². The van der Waals surface area contributed by atoms with Crippen LogP contribution in [-0.4, -0.2) is 18.5 Å². The van der Waals surface area contributed by atoms with Crippen LogP contribution in [0, 0.1) is 0 Å². The lowest BCUT2D eigenvalue weighted by molar-refractivity contribution is 0.0608. The monoisotopic (exact) mass is 382 g/mol. The van der Waals surface area contributed by atoms with Gasteiger partial charge in [-0.3, -0.25) is 0 Å². The van der Waals surface area contributed by atoms with E-state index in [0.717, 1.165) is 10.8 Å². The summed E-state index contributed by atoms with van der Waals surface area (Å²) in [4.78, 5) is 24.9. The second kappa shape index (κ2) is 7.25. The van der Waals surface area contributed by atoms with Gasteiger partial charge in [-0.25, -0.2) is 9.59 Å². The number of para-hydroxylation sites is 1. The van der Waals surface area contributed by atoms with E-state index in [2.05, 4.69) is 0 Å². The maximum Gasteiger partial charge on any atom is 0.535 e. The van der Waals surface area contributed by atoms with Gasteiger partial charge in [0.25, 0.3) is 0 Å². The number of rotatable bonds is 4. The molecule has 0 saturated carbocycles. The molecule has 7 heteroatoms. The summed E-state index contributed by atoms with van der Waals surface area (Å²) < 4.78 is 21.7. The fraction of sp³-hybridized carbons (Fsp3) is 0.100. The number of hydrogen-bond donors (Lipinski definition) is 0. The lowest BCUT2D eigenvalue weighted by Crippen LogP contribution is -2.16. The maximum absolute atomic E-state index is 12.5. The third-order valence-electron chi connectivity index (χ3n) is 3.99. The van der Waals surface area contributed by atoms with Gasteiger partial charge in [-0.15, -0.1) is 0 Å². The molecule has 3 aromatic rings. The zero-order chi connectivity index (χ0) is 18.8. The fourth-order valence-corrected chi connectivity index (χ4v) is 3.71. The molecule has 6 nitrogen and oxygen atoms in total. The molecule has 1 aliphatic rings. The summed E-state index contributed by atoms with van der Waals surface area (Å²) in [7, 11) is -2.21. The first-order valence-electron chi connectivity index (χ1n) is 8.33. The first-order valence-corrected chi connectivity index (χ1v) is 9.43. The fourth-order valence-electron chi connectivity index (χ4n) is 2.78. The maximum atomic E-state index is 12.5. The van der Waals surface area contributed by atoms with Gasteiger partial charge in [0.15, 0.2) is 5.75 Å². The van der Waals surface area contributed by atoms with Crippen LogP contribution in [0.2, 0.25) is 0 Å². The molecule has 0 bridgehead atoms. The Labute approximate surface area is 156 Å². The summed E-state index contributed by atoms with van der Waals surface area (Å²) in [5.74, 6) is -0.504. The molecule has 0 N–H and O–H groups in total. The summed E-state index contributed by atoms with van der Waals surface area (Å²) in [5, 5.41) is 1.67. The van der Waals surface area contributed by atoms with Crippen LogP contribution in [0.15, 0.2) is 60.7 Å². The molecule has 3 aromatic carbocycles. The molecule has 4 rings (SSSR count). The Morgan fingerprint density at radius 1 is 1.00 bits per heavy atom. The number of benzene rings is 3. The van der Waals surface area contributed by atoms with Crippen LogP contribution in [0.25, 0.3) is 10.8 Å². The van der Waals surface area contributed by atoms with Crippen molar-refractivity contribution in [1.82, 2.24) is 0 Å². The normalized spacial score (nSPS) is 15.4. The Morgan fingerprint density at radius 3 is 2.63 bits per heavy atom. The molecule has 0 fully saturated rings. The number of hydrogen-bond acceptors (Lipinski definition) is 6. The average molecular weight is 382 g/mol. The van der Waals surface area contributed by atoms with Gasteiger partial charge < -0.3 is 18.3 Å². The molecule has 1 heterocycles. The van der Waals surface area contributed by atoms with Crippen molar-refractivity contribution in [3.05, 3.63) is 71.8 Å². The van der Waals surface area contributed by atoms with Crippen LogP contribution >= 0.6 is 8.60 Å². The minimum absolute atomic E-state index is 0.241. The van der Waals surface area contributed by atoms with Gasteiger partial charge in [0.1, 0.15) is 16.9 Å². The summed E-state index contributed by atoms with van der Waals surface area (Å²) in [6, 6.07) is 17.6. The molecule has 0 aromatic heterocycles. The van der Waals surface area contributed by atoms with Crippen LogP contribution in [0.3, 0.4) is 0 Å². The van der Waals surface area contributed by atoms with Crippen molar-refractivity contribution >= 4 is 31.3 Å². The second-order valence-corrected chi connectivity index (χ2v) is 6.66. The predicted octanol–water partition coefficient (Wildman–Crippen LogP) is 4.87. The molecule has 136 valence electrons. The van der Waals surface area contributed by atoms with Crippen LogP contribution in [0.5, 0.6) is 11.5 Å². The van der Waals surface area contributed by atoms with Crippen LogP contribution in [0.4, 0.5) is 0 Å². The molecule has 0 saturated heterocycles. The summed E-state index contributed by atoms with van der Waals surface area (Å²) in [5.41, 5.74) is 0.545. The highest BCUT2D eigenvalue weighted by atomic mass is 31.2. The quantitative estimate of drug-likeness (QED) is 0.600. The molecular weight excluding hydrogens is 367 g/mol. The van der Waals surface area contributed by atoms with Crippen molar-refractivity contribution in [3.8, 4) is 11.5 Å². The lowest BCUT2D eigenvalue weighted by atomic mass is 10.1. The Balaban J connectivity index is 1.61. The molecule has 1 aliphatic heterocycles. The van der Waals surface area contributed by atoms with Gasteiger partial charge in [0, 0.05) is 5.39 Å². The van der Waals surface area contributed by atoms with E-state index in [4.69, 9.17) is 18.3 Å². The van der Waals surface area contributed by atoms with Gasteiger partial charge in [0.2, 0.25) is 0 Å². The van der Waals surface area contributed by atoms with E-state index < -0.39 is 20.5 Å². The van der Waals surface area contributed by atoms with E-state index in [1.807, 2.05) is 37.3 Å². The number of carbonyl (C=O) groups is 2. The van der Waals surface area contributed by atoms with Crippen molar-refractivity contribution in [3.63, 3.8) is 0 Å². The van der Waals surface area contributed by atoms with E-state index >= 15 is 0 Å². The van der Waals surface area contributed by atoms with Gasteiger partial charge in [-0.2, -0.15) is 0 Å². The summed E-state index contributed by atoms with van der Waals surface area (Å²) in [6.45, 7) is 2.23. The first kappa shape index (κ1) is 17.3. The SMILES string of the molecule is CCOc1ccccc1C(=O)OP1OC(=O)c2ccc3ccccc3c2O1. The van der Waals surface area contributed by atoms with E-state index in [9.17, 15) is 9.59 Å². The molecule has 0 amide bonds. The molecular formula is C20H15O6P. The van der Waals surface area contributed by atoms with Crippen molar-refractivity contribution in [2.75, 3.05) is 6.61 Å². The van der Waals surface area contributed by atoms with Crippen molar-refractivity contribution in [2.24, 2.45) is 0 Å². The summed E-state index contributed by atoms with van der Waals surface area (Å²) >= 11 is 0. The second-order valence-electron chi connectivity index (χ2n) is 5.66. The minimum Gasteiger partial charge on any atom is -0.493 e. The Hall–Kier alpha value is -3.11. The smallest absolute Gasteiger partial charge is 0.493 e. The third kappa shape index (κ3) is 3.32. The molecule has 0 spiro atoms. The van der Waals surface area contributed by atoms with Crippen molar-refractivity contribution < 1.29 is 27.9 Å². The average Bonchev–Trinajstić information content (AvgIpc) is 2.68. The highest BCUT2D eigenvalue weighted by Crippen LogP contribution is 2.50. The zero-order valence-electron chi connectivity index (χ0n) is 14.4. The van der Waals surface area contributed by atoms with E-state index in [1.54, 1.807) is 30.3 Å². The van der Waals surface area contributed by atoms with E-state index in [0.29, 0.717) is 23.7 Å². The van der Waals surface area contributed by atoms with E-state index in [1.165, 1.54) is 0 Å². The minimum atomic E-state index is -2.21. The summed E-state index contributed by atoms with van der Waals surface area (Å²) in [6.07, 6.45) is 0. The predicted molar refractivity (Wildman–Crippen MR) is 99.9 cm³/mol. The van der Waals surface area contributed by atoms with Crippen LogP contribution in [0.1, 0.15) is 27.6 Å². The van der Waals surface area contributed by atoms with Crippen molar-refractivity contribution in [2.45, 2.75) is 6.92 Å². The number of carbonyl (C=O) groups excluding carboxylic acids is 2. The molecule has 27 heavy (non-hydrogen) atoms. The van der Waals surface area contributed by atoms with E-state index in [-0.39, 0.29) is 5.56 Å². The highest BCUT2D eigenvalue weighted by molar-refractivity contribution is 7.43. The van der Waals surface area contributed by atoms with Gasteiger partial charge >= 0.3 is 20.5 Å². The van der Waals surface area contributed by atoms with Crippen molar-refractivity contribution in [1.29, 1.82) is 0 Å². The largest absolute Gasteiger partial charge is 0.535 e. The molecule has 0 radical (unpaired) electrons. The zero-order valence-corrected chi connectivity index (χ0v) is 15.3. The topological polar surface area (TPSA) is 71.1 Å². The molecule has 1 atom stereocenters. The van der Waals surface area contributed by atoms with Gasteiger partial charge in [-0.05, 0) is 30.5 Å². The Kier molecular flexibility index (Phi) is 4.65. The number of fused-ring (bicyclic) bond motifs is 3.